The highest BCUT2D eigenvalue weighted by molar-refractivity contribution is 5.97. The number of rotatable bonds is 7. The van der Waals surface area contributed by atoms with Gasteiger partial charge in [0, 0.05) is 36.6 Å². The Balaban J connectivity index is 1.73. The van der Waals surface area contributed by atoms with E-state index in [1.165, 1.54) is 0 Å². The maximum Gasteiger partial charge on any atom is 0.261 e. The lowest BCUT2D eigenvalue weighted by atomic mass is 10.1. The first-order chi connectivity index (χ1) is 15.0. The van der Waals surface area contributed by atoms with Crippen LogP contribution in [-0.2, 0) is 24.4 Å². The topological polar surface area (TPSA) is 69.4 Å². The Morgan fingerprint density at radius 2 is 1.94 bits per heavy atom. The first-order valence-corrected chi connectivity index (χ1v) is 10.6. The van der Waals surface area contributed by atoms with Gasteiger partial charge in [-0.25, -0.2) is 4.98 Å². The number of nitrogens with zero attached hydrogens (tertiary/aromatic N) is 4. The van der Waals surface area contributed by atoms with Crippen LogP contribution in [0.2, 0.25) is 0 Å². The predicted molar refractivity (Wildman–Crippen MR) is 121 cm³/mol. The number of ketones is 1. The molecule has 1 aliphatic rings. The second-order valence-corrected chi connectivity index (χ2v) is 7.93. The standard InChI is InChI=1S/C24H28N4O3/c1-4-9-27-17(2)14-20(18(27)3)22(29)15-28-23(16-26-10-12-31-13-11-26)25-21-8-6-5-7-19(21)24(28)30/h4-8,14H,1,9-13,15-16H2,2-3H3. The number of aromatic nitrogens is 3. The lowest BCUT2D eigenvalue weighted by Gasteiger charge is -2.27. The molecule has 0 amide bonds. The number of Topliss-reactive ketones (excluding diaryl/α,β-unsaturated/α-hetero) is 1. The van der Waals surface area contributed by atoms with E-state index in [0.29, 0.717) is 48.6 Å². The van der Waals surface area contributed by atoms with Gasteiger partial charge in [0.1, 0.15) is 5.82 Å². The lowest BCUT2D eigenvalue weighted by molar-refractivity contribution is 0.0324. The number of ether oxygens (including phenoxy) is 1. The zero-order chi connectivity index (χ0) is 22.0. The Morgan fingerprint density at radius 3 is 2.68 bits per heavy atom. The minimum atomic E-state index is -0.179. The summed E-state index contributed by atoms with van der Waals surface area (Å²) in [6.07, 6.45) is 1.81. The molecule has 0 bridgehead atoms. The number of carbonyl (C=O) groups excluding carboxylic acids is 1. The summed E-state index contributed by atoms with van der Waals surface area (Å²) in [4.78, 5) is 33.6. The number of carbonyl (C=O) groups is 1. The molecular formula is C24H28N4O3. The number of aryl methyl sites for hydroxylation is 1. The first kappa shape index (κ1) is 21.2. The molecule has 162 valence electrons. The van der Waals surface area contributed by atoms with E-state index in [2.05, 4.69) is 16.0 Å². The maximum absolute atomic E-state index is 13.3. The Hall–Kier alpha value is -3.03. The minimum Gasteiger partial charge on any atom is -0.379 e. The smallest absolute Gasteiger partial charge is 0.261 e. The molecule has 4 rings (SSSR count). The van der Waals surface area contributed by atoms with Gasteiger partial charge in [-0.05, 0) is 32.0 Å². The Labute approximate surface area is 181 Å². The third-order valence-electron chi connectivity index (χ3n) is 5.90. The maximum atomic E-state index is 13.3. The summed E-state index contributed by atoms with van der Waals surface area (Å²) >= 11 is 0. The molecule has 1 aliphatic heterocycles. The van der Waals surface area contributed by atoms with Gasteiger partial charge >= 0.3 is 0 Å². The van der Waals surface area contributed by atoms with Crippen molar-refractivity contribution in [2.45, 2.75) is 33.5 Å². The molecule has 0 spiro atoms. The number of morpholine rings is 1. The molecule has 0 radical (unpaired) electrons. The van der Waals surface area contributed by atoms with Crippen LogP contribution < -0.4 is 5.56 Å². The molecule has 1 aromatic carbocycles. The number of hydrogen-bond acceptors (Lipinski definition) is 5. The van der Waals surface area contributed by atoms with Gasteiger partial charge in [0.15, 0.2) is 5.78 Å². The molecular weight excluding hydrogens is 392 g/mol. The first-order valence-electron chi connectivity index (χ1n) is 10.6. The zero-order valence-electron chi connectivity index (χ0n) is 18.1. The molecule has 0 N–H and O–H groups in total. The number of fused-ring (bicyclic) bond motifs is 1. The van der Waals surface area contributed by atoms with E-state index < -0.39 is 0 Å². The van der Waals surface area contributed by atoms with E-state index in [1.54, 1.807) is 10.6 Å². The van der Waals surface area contributed by atoms with Crippen molar-refractivity contribution < 1.29 is 9.53 Å². The second-order valence-electron chi connectivity index (χ2n) is 7.93. The van der Waals surface area contributed by atoms with Gasteiger partial charge in [-0.2, -0.15) is 0 Å². The van der Waals surface area contributed by atoms with Gasteiger partial charge in [-0.15, -0.1) is 6.58 Å². The average molecular weight is 421 g/mol. The van der Waals surface area contributed by atoms with Crippen LogP contribution in [-0.4, -0.2) is 51.1 Å². The summed E-state index contributed by atoms with van der Waals surface area (Å²) in [6.45, 7) is 11.7. The van der Waals surface area contributed by atoms with Gasteiger partial charge in [0.2, 0.25) is 0 Å². The van der Waals surface area contributed by atoms with Gasteiger partial charge in [-0.3, -0.25) is 19.1 Å². The molecule has 2 aromatic heterocycles. The fourth-order valence-electron chi connectivity index (χ4n) is 4.18. The van der Waals surface area contributed by atoms with Gasteiger partial charge in [-0.1, -0.05) is 18.2 Å². The summed E-state index contributed by atoms with van der Waals surface area (Å²) in [5, 5.41) is 0.526. The molecule has 0 saturated carbocycles. The SMILES string of the molecule is C=CCn1c(C)cc(C(=O)Cn2c(CN3CCOCC3)nc3ccccc3c2=O)c1C. The third-order valence-corrected chi connectivity index (χ3v) is 5.90. The molecule has 0 unspecified atom stereocenters. The molecule has 3 aromatic rings. The third kappa shape index (κ3) is 4.24. The number of hydrogen-bond donors (Lipinski definition) is 0. The summed E-state index contributed by atoms with van der Waals surface area (Å²) in [6, 6.07) is 9.19. The van der Waals surface area contributed by atoms with Crippen LogP contribution in [0.5, 0.6) is 0 Å². The van der Waals surface area contributed by atoms with E-state index in [0.717, 1.165) is 24.5 Å². The lowest BCUT2D eigenvalue weighted by Crippen LogP contribution is -2.38. The van der Waals surface area contributed by atoms with Crippen LogP contribution in [0, 0.1) is 13.8 Å². The van der Waals surface area contributed by atoms with E-state index in [-0.39, 0.29) is 17.9 Å². The molecule has 0 atom stereocenters. The van der Waals surface area contributed by atoms with Gasteiger partial charge in [0.25, 0.3) is 5.56 Å². The summed E-state index contributed by atoms with van der Waals surface area (Å²) in [5.41, 5.74) is 3.00. The van der Waals surface area contributed by atoms with Crippen LogP contribution in [0.4, 0.5) is 0 Å². The van der Waals surface area contributed by atoms with Crippen LogP contribution in [0.25, 0.3) is 10.9 Å². The van der Waals surface area contributed by atoms with Crippen molar-refractivity contribution in [3.8, 4) is 0 Å². The Kier molecular flexibility index (Phi) is 6.15. The molecule has 1 saturated heterocycles. The monoisotopic (exact) mass is 420 g/mol. The van der Waals surface area contributed by atoms with Crippen molar-refractivity contribution in [1.29, 1.82) is 0 Å². The number of allylic oxidation sites excluding steroid dienone is 1. The van der Waals surface area contributed by atoms with Crippen LogP contribution >= 0.6 is 0 Å². The zero-order valence-corrected chi connectivity index (χ0v) is 18.1. The number of benzene rings is 1. The summed E-state index contributed by atoms with van der Waals surface area (Å²) < 4.78 is 9.03. The highest BCUT2D eigenvalue weighted by atomic mass is 16.5. The minimum absolute atomic E-state index is 0.0330. The van der Waals surface area contributed by atoms with Crippen LogP contribution in [0.3, 0.4) is 0 Å². The van der Waals surface area contributed by atoms with Crippen molar-refractivity contribution in [3.63, 3.8) is 0 Å². The van der Waals surface area contributed by atoms with Crippen molar-refractivity contribution in [1.82, 2.24) is 19.0 Å². The van der Waals surface area contributed by atoms with Gasteiger partial charge < -0.3 is 9.30 Å². The Morgan fingerprint density at radius 1 is 1.19 bits per heavy atom. The van der Waals surface area contributed by atoms with Crippen molar-refractivity contribution in [2.75, 3.05) is 26.3 Å². The molecule has 1 fully saturated rings. The van der Waals surface area contributed by atoms with Crippen LogP contribution in [0.15, 0.2) is 47.8 Å². The predicted octanol–water partition coefficient (Wildman–Crippen LogP) is 2.72. The van der Waals surface area contributed by atoms with Crippen LogP contribution in [0.1, 0.15) is 27.6 Å². The van der Waals surface area contributed by atoms with Gasteiger partial charge in [0.05, 0.1) is 37.2 Å². The summed E-state index contributed by atoms with van der Waals surface area (Å²) in [5.74, 6) is 0.518. The fraction of sp³-hybridized carbons (Fsp3) is 0.375. The highest BCUT2D eigenvalue weighted by Crippen LogP contribution is 2.18. The number of para-hydroxylation sites is 1. The van der Waals surface area contributed by atoms with Crippen molar-refractivity contribution in [3.05, 3.63) is 76.1 Å². The van der Waals surface area contributed by atoms with Crippen molar-refractivity contribution >= 4 is 16.7 Å². The largest absolute Gasteiger partial charge is 0.379 e. The Bertz CT molecular complexity index is 1190. The van der Waals surface area contributed by atoms with E-state index >= 15 is 0 Å². The molecule has 7 nitrogen and oxygen atoms in total. The molecule has 3 heterocycles. The normalized spacial score (nSPS) is 14.8. The fourth-order valence-corrected chi connectivity index (χ4v) is 4.18. The van der Waals surface area contributed by atoms with E-state index in [1.807, 2.05) is 44.2 Å². The second kappa shape index (κ2) is 8.99. The summed E-state index contributed by atoms with van der Waals surface area (Å²) in [7, 11) is 0. The highest BCUT2D eigenvalue weighted by Gasteiger charge is 2.21. The van der Waals surface area contributed by atoms with E-state index in [9.17, 15) is 9.59 Å². The van der Waals surface area contributed by atoms with E-state index in [4.69, 9.17) is 9.72 Å². The molecule has 7 heteroatoms. The average Bonchev–Trinajstić information content (AvgIpc) is 3.06. The van der Waals surface area contributed by atoms with Crippen molar-refractivity contribution in [2.24, 2.45) is 0 Å². The molecule has 31 heavy (non-hydrogen) atoms. The quantitative estimate of drug-likeness (QED) is 0.434. The molecule has 0 aliphatic carbocycles.